The first kappa shape index (κ1) is 24.9. The van der Waals surface area contributed by atoms with E-state index in [0.29, 0.717) is 13.2 Å². The Morgan fingerprint density at radius 1 is 1.00 bits per heavy atom. The molecule has 2 aromatic heterocycles. The van der Waals surface area contributed by atoms with Crippen molar-refractivity contribution >= 4 is 40.5 Å². The van der Waals surface area contributed by atoms with Crippen LogP contribution >= 0.6 is 11.8 Å². The van der Waals surface area contributed by atoms with Gasteiger partial charge in [-0.25, -0.2) is 9.97 Å². The maximum Gasteiger partial charge on any atom is 0.228 e. The van der Waals surface area contributed by atoms with Crippen LogP contribution < -0.4 is 15.3 Å². The fourth-order valence-corrected chi connectivity index (χ4v) is 6.14. The Balaban J connectivity index is 1.44. The SMILES string of the molecule is CCc1cccc2c1=C(Cn1cnc3c(SCc4ccccc4)nc(N4CCCOCC4)nc31)C=CCC=2. The normalized spacial score (nSPS) is 15.7. The molecule has 0 N–H and O–H groups in total. The second kappa shape index (κ2) is 11.5. The summed E-state index contributed by atoms with van der Waals surface area (Å²) in [6, 6.07) is 17.2. The van der Waals surface area contributed by atoms with Crippen LogP contribution in [0.25, 0.3) is 22.8 Å². The summed E-state index contributed by atoms with van der Waals surface area (Å²) in [7, 11) is 0. The van der Waals surface area contributed by atoms with E-state index in [1.54, 1.807) is 11.8 Å². The van der Waals surface area contributed by atoms with Gasteiger partial charge in [0, 0.05) is 25.4 Å². The molecule has 2 aromatic carbocycles. The number of hydrogen-bond donors (Lipinski definition) is 0. The summed E-state index contributed by atoms with van der Waals surface area (Å²) in [4.78, 5) is 17.3. The molecule has 0 spiro atoms. The lowest BCUT2D eigenvalue weighted by Crippen LogP contribution is -2.31. The lowest BCUT2D eigenvalue weighted by molar-refractivity contribution is 0.152. The maximum atomic E-state index is 5.71. The van der Waals surface area contributed by atoms with E-state index in [9.17, 15) is 0 Å². The Kier molecular flexibility index (Phi) is 7.56. The van der Waals surface area contributed by atoms with Crippen molar-refractivity contribution in [2.24, 2.45) is 0 Å². The molecule has 0 saturated carbocycles. The molecular weight excluding hydrogens is 490 g/mol. The highest BCUT2D eigenvalue weighted by atomic mass is 32.2. The van der Waals surface area contributed by atoms with E-state index in [4.69, 9.17) is 19.7 Å². The Hall–Kier alpha value is -3.42. The van der Waals surface area contributed by atoms with Crippen LogP contribution in [0.2, 0.25) is 0 Å². The third kappa shape index (κ3) is 5.26. The second-order valence-corrected chi connectivity index (χ2v) is 10.7. The van der Waals surface area contributed by atoms with E-state index in [0.717, 1.165) is 66.8 Å². The summed E-state index contributed by atoms with van der Waals surface area (Å²) in [5, 5.41) is 3.60. The van der Waals surface area contributed by atoms with Crippen LogP contribution in [0, 0.1) is 0 Å². The van der Waals surface area contributed by atoms with Gasteiger partial charge in [0.15, 0.2) is 5.65 Å². The van der Waals surface area contributed by atoms with Crippen molar-refractivity contribution in [3.63, 3.8) is 0 Å². The molecule has 0 amide bonds. The highest BCUT2D eigenvalue weighted by Crippen LogP contribution is 2.30. The van der Waals surface area contributed by atoms with Crippen molar-refractivity contribution < 1.29 is 4.74 Å². The molecule has 6 rings (SSSR count). The zero-order valence-corrected chi connectivity index (χ0v) is 22.7. The van der Waals surface area contributed by atoms with Gasteiger partial charge in [0.2, 0.25) is 5.95 Å². The van der Waals surface area contributed by atoms with Crippen LogP contribution in [0.5, 0.6) is 0 Å². The molecule has 0 bridgehead atoms. The minimum absolute atomic E-state index is 0.697. The number of benzene rings is 2. The van der Waals surface area contributed by atoms with Gasteiger partial charge in [-0.05, 0) is 46.4 Å². The fourth-order valence-electron chi connectivity index (χ4n) is 5.22. The number of aryl methyl sites for hydroxylation is 1. The average Bonchev–Trinajstić information content (AvgIpc) is 3.12. The topological polar surface area (TPSA) is 56.1 Å². The lowest BCUT2D eigenvalue weighted by atomic mass is 10.0. The molecule has 0 unspecified atom stereocenters. The molecule has 4 aromatic rings. The van der Waals surface area contributed by atoms with E-state index in [1.165, 1.54) is 27.1 Å². The smallest absolute Gasteiger partial charge is 0.228 e. The highest BCUT2D eigenvalue weighted by Gasteiger charge is 2.20. The predicted octanol–water partition coefficient (Wildman–Crippen LogP) is 4.50. The first-order valence-corrected chi connectivity index (χ1v) is 14.5. The fraction of sp³-hybridized carbons (Fsp3) is 0.323. The molecule has 1 aliphatic carbocycles. The first-order valence-electron chi connectivity index (χ1n) is 13.5. The minimum atomic E-state index is 0.697. The Labute approximate surface area is 227 Å². The number of anilines is 1. The van der Waals surface area contributed by atoms with Gasteiger partial charge in [0.25, 0.3) is 0 Å². The van der Waals surface area contributed by atoms with Crippen molar-refractivity contribution in [3.8, 4) is 0 Å². The summed E-state index contributed by atoms with van der Waals surface area (Å²) < 4.78 is 7.91. The predicted molar refractivity (Wildman–Crippen MR) is 156 cm³/mol. The van der Waals surface area contributed by atoms with E-state index in [-0.39, 0.29) is 0 Å². The number of nitrogens with zero attached hydrogens (tertiary/aromatic N) is 5. The van der Waals surface area contributed by atoms with Gasteiger partial charge in [-0.15, -0.1) is 0 Å². The van der Waals surface area contributed by atoms with Crippen molar-refractivity contribution in [1.82, 2.24) is 19.5 Å². The van der Waals surface area contributed by atoms with Crippen LogP contribution in [0.3, 0.4) is 0 Å². The molecule has 7 heteroatoms. The molecule has 0 atom stereocenters. The van der Waals surface area contributed by atoms with E-state index < -0.39 is 0 Å². The van der Waals surface area contributed by atoms with Gasteiger partial charge in [-0.1, -0.05) is 85.4 Å². The molecule has 2 aliphatic rings. The van der Waals surface area contributed by atoms with E-state index in [1.807, 2.05) is 6.33 Å². The standard InChI is InChI=1S/C31H33N5OS/c1-2-24-14-8-15-25-12-6-7-13-26(27(24)25)20-36-22-32-28-29(36)33-31(35-16-9-18-37-19-17-35)34-30(28)38-21-23-10-4-3-5-11-23/h3-5,7-8,10-15,22H,2,6,9,16-21H2,1H3. The zero-order chi connectivity index (χ0) is 25.7. The molecule has 38 heavy (non-hydrogen) atoms. The summed E-state index contributed by atoms with van der Waals surface area (Å²) >= 11 is 1.73. The van der Waals surface area contributed by atoms with Gasteiger partial charge in [0.1, 0.15) is 10.5 Å². The molecular formula is C31H33N5OS. The van der Waals surface area contributed by atoms with Crippen molar-refractivity contribution in [2.75, 3.05) is 31.2 Å². The summed E-state index contributed by atoms with van der Waals surface area (Å²) in [6.45, 7) is 6.12. The number of ether oxygens (including phenoxy) is 1. The number of fused-ring (bicyclic) bond motifs is 2. The molecule has 6 nitrogen and oxygen atoms in total. The van der Waals surface area contributed by atoms with Crippen molar-refractivity contribution in [3.05, 3.63) is 88.6 Å². The number of hydrogen-bond acceptors (Lipinski definition) is 6. The van der Waals surface area contributed by atoms with Crippen molar-refractivity contribution in [2.45, 2.75) is 43.5 Å². The van der Waals surface area contributed by atoms with E-state index >= 15 is 0 Å². The van der Waals surface area contributed by atoms with Crippen LogP contribution in [-0.4, -0.2) is 45.8 Å². The van der Waals surface area contributed by atoms with Gasteiger partial charge < -0.3 is 14.2 Å². The van der Waals surface area contributed by atoms with Gasteiger partial charge >= 0.3 is 0 Å². The number of allylic oxidation sites excluding steroid dienone is 2. The van der Waals surface area contributed by atoms with Crippen LogP contribution in [-0.2, 0) is 23.5 Å². The minimum Gasteiger partial charge on any atom is -0.380 e. The third-order valence-electron chi connectivity index (χ3n) is 7.16. The van der Waals surface area contributed by atoms with Crippen molar-refractivity contribution in [1.29, 1.82) is 0 Å². The number of rotatable bonds is 7. The summed E-state index contributed by atoms with van der Waals surface area (Å²) in [6.07, 6.45) is 11.7. The summed E-state index contributed by atoms with van der Waals surface area (Å²) in [5.41, 5.74) is 5.71. The maximum absolute atomic E-state index is 5.71. The largest absolute Gasteiger partial charge is 0.380 e. The monoisotopic (exact) mass is 523 g/mol. The number of aromatic nitrogens is 4. The van der Waals surface area contributed by atoms with E-state index in [2.05, 4.69) is 83.1 Å². The Morgan fingerprint density at radius 2 is 1.92 bits per heavy atom. The average molecular weight is 524 g/mol. The van der Waals surface area contributed by atoms with Crippen LogP contribution in [0.1, 0.15) is 30.9 Å². The quantitative estimate of drug-likeness (QED) is 0.263. The molecule has 194 valence electrons. The second-order valence-electron chi connectivity index (χ2n) is 9.70. The Bertz CT molecular complexity index is 1570. The third-order valence-corrected chi connectivity index (χ3v) is 8.20. The molecule has 1 aliphatic heterocycles. The van der Waals surface area contributed by atoms with Crippen LogP contribution in [0.4, 0.5) is 5.95 Å². The Morgan fingerprint density at radius 3 is 2.82 bits per heavy atom. The summed E-state index contributed by atoms with van der Waals surface area (Å²) in [5.74, 6) is 1.61. The van der Waals surface area contributed by atoms with Gasteiger partial charge in [0.05, 0.1) is 19.5 Å². The lowest BCUT2D eigenvalue weighted by Gasteiger charge is -2.20. The number of thioether (sulfide) groups is 1. The van der Waals surface area contributed by atoms with Gasteiger partial charge in [-0.3, -0.25) is 0 Å². The van der Waals surface area contributed by atoms with Crippen LogP contribution in [0.15, 0.2) is 72.0 Å². The number of imidazole rings is 1. The van der Waals surface area contributed by atoms with Gasteiger partial charge in [-0.2, -0.15) is 4.98 Å². The molecule has 1 fully saturated rings. The molecule has 3 heterocycles. The highest BCUT2D eigenvalue weighted by molar-refractivity contribution is 7.98. The molecule has 1 saturated heterocycles. The first-order chi connectivity index (χ1) is 18.8. The zero-order valence-electron chi connectivity index (χ0n) is 21.8. The molecule has 0 radical (unpaired) electrons.